The molecule has 0 aromatic heterocycles. The summed E-state index contributed by atoms with van der Waals surface area (Å²) in [5.74, 6) is 0.517. The molecule has 0 aromatic rings. The summed E-state index contributed by atoms with van der Waals surface area (Å²) in [6.45, 7) is 5.10. The van der Waals surface area contributed by atoms with Gasteiger partial charge in [0.2, 0.25) is 0 Å². The maximum atomic E-state index is 9.08. The van der Waals surface area contributed by atoms with Crippen LogP contribution in [-0.4, -0.2) is 61.2 Å². The Labute approximate surface area is 103 Å². The van der Waals surface area contributed by atoms with Crippen molar-refractivity contribution in [2.24, 2.45) is 5.92 Å². The first-order chi connectivity index (χ1) is 8.31. The van der Waals surface area contributed by atoms with E-state index in [1.807, 2.05) is 0 Å². The third kappa shape index (κ3) is 2.36. The van der Waals surface area contributed by atoms with E-state index in [2.05, 4.69) is 4.90 Å². The minimum absolute atomic E-state index is 0.103. The molecule has 0 aliphatic carbocycles. The van der Waals surface area contributed by atoms with E-state index in [9.17, 15) is 0 Å². The molecular formula is C13H23NO3. The number of aliphatic hydroxyl groups excluding tert-OH is 1. The zero-order chi connectivity index (χ0) is 11.7. The molecular weight excluding hydrogens is 218 g/mol. The topological polar surface area (TPSA) is 41.9 Å². The number of nitrogens with zero attached hydrogens (tertiary/aromatic N) is 1. The standard InChI is InChI=1S/C13H23NO3/c15-10-11-8-14(9-11)12-1-4-17-13(7-12)2-5-16-6-3-13/h11-12,15H,1-10H2. The van der Waals surface area contributed by atoms with Gasteiger partial charge in [0, 0.05) is 51.5 Å². The monoisotopic (exact) mass is 241 g/mol. The van der Waals surface area contributed by atoms with Crippen LogP contribution < -0.4 is 0 Å². The van der Waals surface area contributed by atoms with Crippen molar-refractivity contribution in [2.75, 3.05) is 39.5 Å². The Hall–Kier alpha value is -0.160. The van der Waals surface area contributed by atoms with Crippen molar-refractivity contribution in [2.45, 2.75) is 37.3 Å². The highest BCUT2D eigenvalue weighted by Crippen LogP contribution is 2.37. The minimum Gasteiger partial charge on any atom is -0.396 e. The van der Waals surface area contributed by atoms with Crippen LogP contribution in [0.5, 0.6) is 0 Å². The van der Waals surface area contributed by atoms with Gasteiger partial charge in [-0.2, -0.15) is 0 Å². The molecule has 3 saturated heterocycles. The van der Waals surface area contributed by atoms with Crippen molar-refractivity contribution >= 4 is 0 Å². The van der Waals surface area contributed by atoms with Crippen LogP contribution in [0.2, 0.25) is 0 Å². The number of aliphatic hydroxyl groups is 1. The summed E-state index contributed by atoms with van der Waals surface area (Å²) in [6, 6.07) is 0.671. The van der Waals surface area contributed by atoms with Crippen molar-refractivity contribution in [3.63, 3.8) is 0 Å². The SMILES string of the molecule is OCC1CN(C2CCOC3(CCOCC3)C2)C1. The average molecular weight is 241 g/mol. The molecule has 0 amide bonds. The molecule has 17 heavy (non-hydrogen) atoms. The van der Waals surface area contributed by atoms with Gasteiger partial charge in [-0.05, 0) is 25.7 Å². The van der Waals surface area contributed by atoms with Crippen LogP contribution in [0.3, 0.4) is 0 Å². The Bertz CT molecular complexity index is 254. The van der Waals surface area contributed by atoms with Crippen LogP contribution in [0.25, 0.3) is 0 Å². The highest BCUT2D eigenvalue weighted by molar-refractivity contribution is 4.95. The third-order valence-electron chi connectivity index (χ3n) is 4.63. The quantitative estimate of drug-likeness (QED) is 0.770. The lowest BCUT2D eigenvalue weighted by Gasteiger charge is -2.50. The first-order valence-electron chi connectivity index (χ1n) is 6.88. The van der Waals surface area contributed by atoms with Crippen molar-refractivity contribution < 1.29 is 14.6 Å². The van der Waals surface area contributed by atoms with E-state index in [1.54, 1.807) is 0 Å². The Kier molecular flexibility index (Phi) is 3.39. The van der Waals surface area contributed by atoms with Crippen LogP contribution in [0, 0.1) is 5.92 Å². The lowest BCUT2D eigenvalue weighted by atomic mass is 9.82. The van der Waals surface area contributed by atoms with E-state index in [0.29, 0.717) is 18.6 Å². The number of ether oxygens (including phenoxy) is 2. The van der Waals surface area contributed by atoms with Gasteiger partial charge in [0.1, 0.15) is 0 Å². The van der Waals surface area contributed by atoms with Gasteiger partial charge in [-0.1, -0.05) is 0 Å². The largest absolute Gasteiger partial charge is 0.396 e. The predicted octanol–water partition coefficient (Wildman–Crippen LogP) is 0.639. The van der Waals surface area contributed by atoms with Gasteiger partial charge in [-0.25, -0.2) is 0 Å². The van der Waals surface area contributed by atoms with Crippen LogP contribution in [0.1, 0.15) is 25.7 Å². The summed E-state index contributed by atoms with van der Waals surface area (Å²) in [7, 11) is 0. The second kappa shape index (κ2) is 4.84. The number of rotatable bonds is 2. The number of likely N-dealkylation sites (tertiary alicyclic amines) is 1. The maximum Gasteiger partial charge on any atom is 0.0741 e. The zero-order valence-electron chi connectivity index (χ0n) is 10.4. The van der Waals surface area contributed by atoms with Crippen LogP contribution in [0.15, 0.2) is 0 Å². The summed E-state index contributed by atoms with van der Waals surface area (Å²) < 4.78 is 11.5. The summed E-state index contributed by atoms with van der Waals surface area (Å²) in [6.07, 6.45) is 4.43. The molecule has 3 aliphatic rings. The minimum atomic E-state index is 0.103. The lowest BCUT2D eigenvalue weighted by molar-refractivity contribution is -0.160. The Balaban J connectivity index is 1.56. The van der Waals surface area contributed by atoms with Crippen molar-refractivity contribution in [1.29, 1.82) is 0 Å². The smallest absolute Gasteiger partial charge is 0.0741 e. The van der Waals surface area contributed by atoms with E-state index < -0.39 is 0 Å². The summed E-state index contributed by atoms with van der Waals surface area (Å²) in [5.41, 5.74) is 0.103. The summed E-state index contributed by atoms with van der Waals surface area (Å²) in [5, 5.41) is 9.08. The Morgan fingerprint density at radius 2 is 1.94 bits per heavy atom. The second-order valence-corrected chi connectivity index (χ2v) is 5.79. The molecule has 0 saturated carbocycles. The second-order valence-electron chi connectivity index (χ2n) is 5.79. The molecule has 4 nitrogen and oxygen atoms in total. The fourth-order valence-corrected chi connectivity index (χ4v) is 3.43. The molecule has 3 fully saturated rings. The predicted molar refractivity (Wildman–Crippen MR) is 63.9 cm³/mol. The van der Waals surface area contributed by atoms with Crippen LogP contribution >= 0.6 is 0 Å². The third-order valence-corrected chi connectivity index (χ3v) is 4.63. The molecule has 1 atom stereocenters. The maximum absolute atomic E-state index is 9.08. The molecule has 1 N–H and O–H groups in total. The fourth-order valence-electron chi connectivity index (χ4n) is 3.43. The molecule has 98 valence electrons. The number of hydrogen-bond acceptors (Lipinski definition) is 4. The molecule has 1 unspecified atom stereocenters. The molecule has 3 rings (SSSR count). The van der Waals surface area contributed by atoms with Gasteiger partial charge in [-0.15, -0.1) is 0 Å². The van der Waals surface area contributed by atoms with E-state index in [0.717, 1.165) is 58.6 Å². The lowest BCUT2D eigenvalue weighted by Crippen LogP contribution is -2.58. The van der Waals surface area contributed by atoms with Crippen molar-refractivity contribution in [3.05, 3.63) is 0 Å². The van der Waals surface area contributed by atoms with E-state index >= 15 is 0 Å². The van der Waals surface area contributed by atoms with Gasteiger partial charge in [0.15, 0.2) is 0 Å². The fraction of sp³-hybridized carbons (Fsp3) is 1.00. The van der Waals surface area contributed by atoms with Gasteiger partial charge >= 0.3 is 0 Å². The Morgan fingerprint density at radius 1 is 1.18 bits per heavy atom. The number of hydrogen-bond donors (Lipinski definition) is 1. The Morgan fingerprint density at radius 3 is 2.65 bits per heavy atom. The first-order valence-corrected chi connectivity index (χ1v) is 6.88. The molecule has 3 aliphatic heterocycles. The summed E-state index contributed by atoms with van der Waals surface area (Å²) in [4.78, 5) is 2.53. The highest BCUT2D eigenvalue weighted by atomic mass is 16.5. The van der Waals surface area contributed by atoms with Gasteiger partial charge in [0.05, 0.1) is 5.60 Å². The van der Waals surface area contributed by atoms with E-state index in [4.69, 9.17) is 14.6 Å². The van der Waals surface area contributed by atoms with E-state index in [1.165, 1.54) is 0 Å². The first kappa shape index (κ1) is 11.9. The van der Waals surface area contributed by atoms with Gasteiger partial charge in [-0.3, -0.25) is 4.90 Å². The van der Waals surface area contributed by atoms with Crippen molar-refractivity contribution in [1.82, 2.24) is 4.90 Å². The molecule has 0 bridgehead atoms. The van der Waals surface area contributed by atoms with Gasteiger partial charge < -0.3 is 14.6 Å². The average Bonchev–Trinajstić information content (AvgIpc) is 2.29. The van der Waals surface area contributed by atoms with E-state index in [-0.39, 0.29) is 5.60 Å². The molecule has 1 spiro atoms. The molecule has 4 heteroatoms. The normalized spacial score (nSPS) is 34.8. The van der Waals surface area contributed by atoms with Gasteiger partial charge in [0.25, 0.3) is 0 Å². The van der Waals surface area contributed by atoms with Crippen LogP contribution in [0.4, 0.5) is 0 Å². The molecule has 0 radical (unpaired) electrons. The molecule has 0 aromatic carbocycles. The zero-order valence-corrected chi connectivity index (χ0v) is 10.4. The highest BCUT2D eigenvalue weighted by Gasteiger charge is 2.43. The van der Waals surface area contributed by atoms with Crippen LogP contribution in [-0.2, 0) is 9.47 Å². The van der Waals surface area contributed by atoms with Crippen molar-refractivity contribution in [3.8, 4) is 0 Å². The summed E-state index contributed by atoms with van der Waals surface area (Å²) >= 11 is 0. The molecule has 3 heterocycles.